The van der Waals surface area contributed by atoms with Crippen LogP contribution in [-0.2, 0) is 4.79 Å². The number of benzene rings is 2. The molecule has 25 heavy (non-hydrogen) atoms. The zero-order valence-corrected chi connectivity index (χ0v) is 15.7. The van der Waals surface area contributed by atoms with Crippen molar-refractivity contribution >= 4 is 46.2 Å². The van der Waals surface area contributed by atoms with E-state index in [0.717, 1.165) is 16.4 Å². The molecule has 2 aromatic rings. The van der Waals surface area contributed by atoms with Crippen molar-refractivity contribution in [1.29, 1.82) is 0 Å². The first-order valence-electron chi connectivity index (χ1n) is 8.13. The van der Waals surface area contributed by atoms with Gasteiger partial charge in [-0.15, -0.1) is 0 Å². The van der Waals surface area contributed by atoms with Crippen LogP contribution >= 0.6 is 23.4 Å². The molecule has 0 unspecified atom stereocenters. The Labute approximate surface area is 157 Å². The quantitative estimate of drug-likeness (QED) is 0.656. The van der Waals surface area contributed by atoms with E-state index in [1.165, 1.54) is 11.8 Å². The monoisotopic (exact) mass is 370 g/mol. The largest absolute Gasteiger partial charge is 0.286 e. The Kier molecular flexibility index (Phi) is 5.61. The highest BCUT2D eigenvalue weighted by Crippen LogP contribution is 2.34. The van der Waals surface area contributed by atoms with Gasteiger partial charge in [0, 0.05) is 11.6 Å². The number of carbonyl (C=O) groups excluding carboxylic acids is 1. The number of hydrogen-bond acceptors (Lipinski definition) is 3. The minimum atomic E-state index is -0.00615. The third-order valence-corrected chi connectivity index (χ3v) is 4.80. The molecule has 1 saturated heterocycles. The van der Waals surface area contributed by atoms with Crippen molar-refractivity contribution in [2.75, 3.05) is 6.54 Å². The summed E-state index contributed by atoms with van der Waals surface area (Å²) in [4.78, 5) is 20.0. The summed E-state index contributed by atoms with van der Waals surface area (Å²) < 4.78 is 0. The van der Waals surface area contributed by atoms with Crippen molar-refractivity contribution in [3.05, 3.63) is 70.1 Å². The minimum absolute atomic E-state index is 0.00615. The Hall–Kier alpha value is -2.04. The Morgan fingerprint density at radius 2 is 1.92 bits per heavy atom. The summed E-state index contributed by atoms with van der Waals surface area (Å²) >= 11 is 7.45. The Morgan fingerprint density at radius 1 is 1.16 bits per heavy atom. The third kappa shape index (κ3) is 4.53. The number of carbonyl (C=O) groups is 1. The zero-order chi connectivity index (χ0) is 17.8. The lowest BCUT2D eigenvalue weighted by Crippen LogP contribution is -2.32. The molecule has 0 saturated carbocycles. The molecule has 0 radical (unpaired) electrons. The van der Waals surface area contributed by atoms with Crippen molar-refractivity contribution in [2.24, 2.45) is 10.9 Å². The molecular weight excluding hydrogens is 352 g/mol. The molecule has 1 fully saturated rings. The van der Waals surface area contributed by atoms with Crippen LogP contribution in [0.5, 0.6) is 0 Å². The smallest absolute Gasteiger partial charge is 0.266 e. The maximum atomic E-state index is 12.9. The summed E-state index contributed by atoms with van der Waals surface area (Å²) in [6, 6.07) is 17.2. The third-order valence-electron chi connectivity index (χ3n) is 3.56. The topological polar surface area (TPSA) is 32.7 Å². The van der Waals surface area contributed by atoms with Crippen molar-refractivity contribution in [3.8, 4) is 0 Å². The zero-order valence-electron chi connectivity index (χ0n) is 14.1. The average molecular weight is 371 g/mol. The van der Waals surface area contributed by atoms with Crippen LogP contribution in [0.3, 0.4) is 0 Å². The van der Waals surface area contributed by atoms with Crippen LogP contribution in [0.15, 0.2) is 64.5 Å². The summed E-state index contributed by atoms with van der Waals surface area (Å²) in [6.07, 6.45) is 1.87. The fourth-order valence-electron chi connectivity index (χ4n) is 2.48. The molecule has 1 heterocycles. The van der Waals surface area contributed by atoms with E-state index in [1.54, 1.807) is 4.90 Å². The lowest BCUT2D eigenvalue weighted by molar-refractivity contribution is -0.122. The van der Waals surface area contributed by atoms with E-state index in [4.69, 9.17) is 11.6 Å². The molecule has 3 rings (SSSR count). The second-order valence-electron chi connectivity index (χ2n) is 6.21. The maximum absolute atomic E-state index is 12.9. The molecule has 0 aliphatic carbocycles. The second kappa shape index (κ2) is 7.89. The number of amides is 1. The molecule has 1 amide bonds. The molecule has 0 atom stereocenters. The van der Waals surface area contributed by atoms with Gasteiger partial charge in [-0.25, -0.2) is 4.99 Å². The predicted octanol–water partition coefficient (Wildman–Crippen LogP) is 5.60. The van der Waals surface area contributed by atoms with E-state index >= 15 is 0 Å². The normalized spacial score (nSPS) is 17.9. The van der Waals surface area contributed by atoms with Gasteiger partial charge in [0.1, 0.15) is 0 Å². The molecule has 0 bridgehead atoms. The van der Waals surface area contributed by atoms with Crippen LogP contribution in [0.1, 0.15) is 19.4 Å². The van der Waals surface area contributed by atoms with Gasteiger partial charge in [-0.2, -0.15) is 0 Å². The van der Waals surface area contributed by atoms with Crippen molar-refractivity contribution < 1.29 is 4.79 Å². The van der Waals surface area contributed by atoms with Gasteiger partial charge in [-0.3, -0.25) is 9.69 Å². The first kappa shape index (κ1) is 17.8. The van der Waals surface area contributed by atoms with E-state index in [0.29, 0.717) is 22.4 Å². The number of nitrogens with zero attached hydrogens (tertiary/aromatic N) is 2. The molecule has 3 nitrogen and oxygen atoms in total. The number of aliphatic imine (C=N–C) groups is 1. The standard InChI is InChI=1S/C20H19ClN2OS/c1-14(2)13-23-19(24)18(12-15-7-6-8-16(21)11-15)25-20(23)22-17-9-4-3-5-10-17/h3-12,14H,13H2,1-2H3/b18-12-,22-20?. The Bertz CT molecular complexity index is 831. The fourth-order valence-corrected chi connectivity index (χ4v) is 3.68. The molecule has 1 aliphatic heterocycles. The van der Waals surface area contributed by atoms with Gasteiger partial charge in [-0.1, -0.05) is 55.8 Å². The predicted molar refractivity (Wildman–Crippen MR) is 107 cm³/mol. The molecule has 0 spiro atoms. The van der Waals surface area contributed by atoms with Gasteiger partial charge in [0.2, 0.25) is 0 Å². The fraction of sp³-hybridized carbons (Fsp3) is 0.200. The molecule has 1 aliphatic rings. The minimum Gasteiger partial charge on any atom is -0.286 e. The van der Waals surface area contributed by atoms with Gasteiger partial charge in [0.25, 0.3) is 5.91 Å². The number of hydrogen-bond donors (Lipinski definition) is 0. The molecule has 2 aromatic carbocycles. The van der Waals surface area contributed by atoms with E-state index in [1.807, 2.05) is 60.7 Å². The Balaban J connectivity index is 1.95. The van der Waals surface area contributed by atoms with E-state index in [2.05, 4.69) is 18.8 Å². The molecule has 5 heteroatoms. The summed E-state index contributed by atoms with van der Waals surface area (Å²) in [5.74, 6) is 0.351. The van der Waals surface area contributed by atoms with E-state index in [9.17, 15) is 4.79 Å². The van der Waals surface area contributed by atoms with Crippen LogP contribution in [-0.4, -0.2) is 22.5 Å². The molecule has 0 aromatic heterocycles. The lowest BCUT2D eigenvalue weighted by Gasteiger charge is -2.17. The Morgan fingerprint density at radius 3 is 2.60 bits per heavy atom. The van der Waals surface area contributed by atoms with Crippen molar-refractivity contribution in [2.45, 2.75) is 13.8 Å². The lowest BCUT2D eigenvalue weighted by atomic mass is 10.2. The average Bonchev–Trinajstić information content (AvgIpc) is 2.84. The van der Waals surface area contributed by atoms with E-state index < -0.39 is 0 Å². The number of amidine groups is 1. The van der Waals surface area contributed by atoms with Gasteiger partial charge in [0.05, 0.1) is 10.6 Å². The van der Waals surface area contributed by atoms with Gasteiger partial charge >= 0.3 is 0 Å². The summed E-state index contributed by atoms with van der Waals surface area (Å²) in [6.45, 7) is 4.83. The number of halogens is 1. The van der Waals surface area contributed by atoms with Crippen LogP contribution in [0.2, 0.25) is 5.02 Å². The highest BCUT2D eigenvalue weighted by molar-refractivity contribution is 8.18. The van der Waals surface area contributed by atoms with Crippen LogP contribution in [0.25, 0.3) is 6.08 Å². The summed E-state index contributed by atoms with van der Waals surface area (Å²) in [5.41, 5.74) is 1.75. The molecule has 0 N–H and O–H groups in total. The van der Waals surface area contributed by atoms with Crippen LogP contribution in [0, 0.1) is 5.92 Å². The van der Waals surface area contributed by atoms with E-state index in [-0.39, 0.29) is 5.91 Å². The SMILES string of the molecule is CC(C)CN1C(=O)/C(=C/c2cccc(Cl)c2)SC1=Nc1ccccc1. The number of rotatable bonds is 4. The second-order valence-corrected chi connectivity index (χ2v) is 7.65. The first-order valence-corrected chi connectivity index (χ1v) is 9.33. The van der Waals surface area contributed by atoms with Gasteiger partial charge < -0.3 is 0 Å². The highest BCUT2D eigenvalue weighted by atomic mass is 35.5. The number of thioether (sulfide) groups is 1. The van der Waals surface area contributed by atoms with Crippen molar-refractivity contribution in [1.82, 2.24) is 4.90 Å². The van der Waals surface area contributed by atoms with Crippen LogP contribution in [0.4, 0.5) is 5.69 Å². The number of para-hydroxylation sites is 1. The summed E-state index contributed by atoms with van der Waals surface area (Å²) in [7, 11) is 0. The van der Waals surface area contributed by atoms with Crippen LogP contribution < -0.4 is 0 Å². The highest BCUT2D eigenvalue weighted by Gasteiger charge is 2.33. The van der Waals surface area contributed by atoms with Gasteiger partial charge in [0.15, 0.2) is 5.17 Å². The first-order chi connectivity index (χ1) is 12.0. The van der Waals surface area contributed by atoms with Gasteiger partial charge in [-0.05, 0) is 53.6 Å². The summed E-state index contributed by atoms with van der Waals surface area (Å²) in [5, 5.41) is 1.38. The molecule has 128 valence electrons. The maximum Gasteiger partial charge on any atom is 0.266 e. The van der Waals surface area contributed by atoms with Crippen molar-refractivity contribution in [3.63, 3.8) is 0 Å². The molecular formula is C20H19ClN2OS.